The molecule has 0 aromatic carbocycles. The SMILES string of the molecule is CCC(CN)CC(=O)NCC(C)CO. The van der Waals surface area contributed by atoms with Gasteiger partial charge in [0.15, 0.2) is 0 Å². The summed E-state index contributed by atoms with van der Waals surface area (Å²) in [7, 11) is 0. The summed E-state index contributed by atoms with van der Waals surface area (Å²) < 4.78 is 0. The van der Waals surface area contributed by atoms with Gasteiger partial charge in [0, 0.05) is 19.6 Å². The van der Waals surface area contributed by atoms with Gasteiger partial charge >= 0.3 is 0 Å². The topological polar surface area (TPSA) is 75.4 Å². The Morgan fingerprint density at radius 2 is 2.21 bits per heavy atom. The van der Waals surface area contributed by atoms with Crippen LogP contribution in [0.15, 0.2) is 0 Å². The molecule has 14 heavy (non-hydrogen) atoms. The zero-order chi connectivity index (χ0) is 11.0. The number of nitrogens with two attached hydrogens (primary N) is 1. The minimum Gasteiger partial charge on any atom is -0.396 e. The molecule has 0 spiro atoms. The fraction of sp³-hybridized carbons (Fsp3) is 0.900. The molecule has 0 radical (unpaired) electrons. The Kier molecular flexibility index (Phi) is 7.42. The lowest BCUT2D eigenvalue weighted by Gasteiger charge is -2.13. The van der Waals surface area contributed by atoms with Crippen molar-refractivity contribution < 1.29 is 9.90 Å². The number of rotatable bonds is 7. The summed E-state index contributed by atoms with van der Waals surface area (Å²) in [5.41, 5.74) is 5.49. The first-order chi connectivity index (χ1) is 6.63. The van der Waals surface area contributed by atoms with E-state index in [-0.39, 0.29) is 24.3 Å². The highest BCUT2D eigenvalue weighted by molar-refractivity contribution is 5.76. The molecule has 2 unspecified atom stereocenters. The Bertz CT molecular complexity index is 158. The van der Waals surface area contributed by atoms with Crippen molar-refractivity contribution in [1.82, 2.24) is 5.32 Å². The van der Waals surface area contributed by atoms with Crippen molar-refractivity contribution in [2.24, 2.45) is 17.6 Å². The third kappa shape index (κ3) is 5.94. The largest absolute Gasteiger partial charge is 0.396 e. The minimum atomic E-state index is 0.0302. The fourth-order valence-corrected chi connectivity index (χ4v) is 1.08. The normalized spacial score (nSPS) is 14.9. The van der Waals surface area contributed by atoms with Gasteiger partial charge in [0.1, 0.15) is 0 Å². The van der Waals surface area contributed by atoms with Crippen LogP contribution in [0.25, 0.3) is 0 Å². The molecular weight excluding hydrogens is 180 g/mol. The van der Waals surface area contributed by atoms with Crippen molar-refractivity contribution in [3.05, 3.63) is 0 Å². The first-order valence-electron chi connectivity index (χ1n) is 5.21. The van der Waals surface area contributed by atoms with Gasteiger partial charge in [-0.15, -0.1) is 0 Å². The number of amides is 1. The summed E-state index contributed by atoms with van der Waals surface area (Å²) in [5.74, 6) is 0.430. The van der Waals surface area contributed by atoms with E-state index < -0.39 is 0 Å². The molecule has 0 bridgehead atoms. The molecule has 0 saturated carbocycles. The van der Waals surface area contributed by atoms with E-state index in [1.165, 1.54) is 0 Å². The van der Waals surface area contributed by atoms with Crippen molar-refractivity contribution in [2.45, 2.75) is 26.7 Å². The Labute approximate surface area is 85.9 Å². The number of hydrogen-bond donors (Lipinski definition) is 3. The average Bonchev–Trinajstić information content (AvgIpc) is 2.22. The number of nitrogens with one attached hydrogen (secondary N) is 1. The van der Waals surface area contributed by atoms with Crippen LogP contribution in [-0.2, 0) is 4.79 Å². The van der Waals surface area contributed by atoms with Crippen molar-refractivity contribution in [3.63, 3.8) is 0 Å². The summed E-state index contributed by atoms with van der Waals surface area (Å²) in [5, 5.41) is 11.5. The highest BCUT2D eigenvalue weighted by atomic mass is 16.3. The lowest BCUT2D eigenvalue weighted by atomic mass is 10.0. The molecule has 0 saturated heterocycles. The zero-order valence-corrected chi connectivity index (χ0v) is 9.12. The molecule has 0 aliphatic carbocycles. The molecule has 2 atom stereocenters. The number of carbonyl (C=O) groups is 1. The Morgan fingerprint density at radius 3 is 2.64 bits per heavy atom. The van der Waals surface area contributed by atoms with Crippen molar-refractivity contribution in [1.29, 1.82) is 0 Å². The van der Waals surface area contributed by atoms with Gasteiger partial charge in [-0.1, -0.05) is 20.3 Å². The van der Waals surface area contributed by atoms with E-state index in [4.69, 9.17) is 10.8 Å². The number of aliphatic hydroxyl groups is 1. The van der Waals surface area contributed by atoms with Gasteiger partial charge in [0.05, 0.1) is 0 Å². The first-order valence-corrected chi connectivity index (χ1v) is 5.21. The number of hydrogen-bond acceptors (Lipinski definition) is 3. The van der Waals surface area contributed by atoms with Gasteiger partial charge in [-0.3, -0.25) is 4.79 Å². The molecule has 0 aliphatic heterocycles. The lowest BCUT2D eigenvalue weighted by molar-refractivity contribution is -0.122. The van der Waals surface area contributed by atoms with E-state index in [2.05, 4.69) is 5.32 Å². The van der Waals surface area contributed by atoms with E-state index in [0.29, 0.717) is 19.5 Å². The van der Waals surface area contributed by atoms with Gasteiger partial charge in [-0.2, -0.15) is 0 Å². The molecule has 0 aromatic rings. The third-order valence-corrected chi connectivity index (χ3v) is 2.34. The van der Waals surface area contributed by atoms with E-state index in [1.807, 2.05) is 13.8 Å². The fourth-order valence-electron chi connectivity index (χ4n) is 1.08. The Hall–Kier alpha value is -0.610. The van der Waals surface area contributed by atoms with E-state index >= 15 is 0 Å². The molecule has 0 aliphatic rings. The van der Waals surface area contributed by atoms with E-state index in [1.54, 1.807) is 0 Å². The second-order valence-corrected chi connectivity index (χ2v) is 3.81. The van der Waals surface area contributed by atoms with Crippen LogP contribution in [0.5, 0.6) is 0 Å². The van der Waals surface area contributed by atoms with Gasteiger partial charge in [0.2, 0.25) is 5.91 Å². The van der Waals surface area contributed by atoms with Crippen LogP contribution < -0.4 is 11.1 Å². The third-order valence-electron chi connectivity index (χ3n) is 2.34. The summed E-state index contributed by atoms with van der Waals surface area (Å²) in [6, 6.07) is 0. The van der Waals surface area contributed by atoms with Crippen LogP contribution in [0.3, 0.4) is 0 Å². The van der Waals surface area contributed by atoms with Crippen LogP contribution in [0.2, 0.25) is 0 Å². The molecule has 0 aromatic heterocycles. The van der Waals surface area contributed by atoms with Crippen LogP contribution in [0, 0.1) is 11.8 Å². The molecule has 84 valence electrons. The van der Waals surface area contributed by atoms with Crippen LogP contribution in [0.4, 0.5) is 0 Å². The smallest absolute Gasteiger partial charge is 0.220 e. The number of carbonyl (C=O) groups excluding carboxylic acids is 1. The summed E-state index contributed by atoms with van der Waals surface area (Å²) in [4.78, 5) is 11.3. The summed E-state index contributed by atoms with van der Waals surface area (Å²) in [6.07, 6.45) is 1.42. The molecule has 1 amide bonds. The Balaban J connectivity index is 3.64. The zero-order valence-electron chi connectivity index (χ0n) is 9.12. The van der Waals surface area contributed by atoms with Crippen LogP contribution >= 0.6 is 0 Å². The Morgan fingerprint density at radius 1 is 1.57 bits per heavy atom. The van der Waals surface area contributed by atoms with Gasteiger partial charge in [-0.05, 0) is 18.4 Å². The quantitative estimate of drug-likeness (QED) is 0.548. The van der Waals surface area contributed by atoms with Crippen molar-refractivity contribution in [3.8, 4) is 0 Å². The molecule has 0 heterocycles. The highest BCUT2D eigenvalue weighted by Crippen LogP contribution is 2.05. The summed E-state index contributed by atoms with van der Waals surface area (Å²) >= 11 is 0. The van der Waals surface area contributed by atoms with Gasteiger partial charge < -0.3 is 16.2 Å². The summed E-state index contributed by atoms with van der Waals surface area (Å²) in [6.45, 7) is 5.12. The monoisotopic (exact) mass is 202 g/mol. The van der Waals surface area contributed by atoms with Crippen LogP contribution in [-0.4, -0.2) is 30.7 Å². The molecule has 4 nitrogen and oxygen atoms in total. The molecule has 4 heteroatoms. The standard InChI is InChI=1S/C10H22N2O2/c1-3-9(5-11)4-10(14)12-6-8(2)7-13/h8-9,13H,3-7,11H2,1-2H3,(H,12,14). The molecular formula is C10H22N2O2. The maximum atomic E-state index is 11.3. The maximum Gasteiger partial charge on any atom is 0.220 e. The maximum absolute atomic E-state index is 11.3. The molecule has 4 N–H and O–H groups in total. The van der Waals surface area contributed by atoms with Crippen molar-refractivity contribution in [2.75, 3.05) is 19.7 Å². The van der Waals surface area contributed by atoms with E-state index in [9.17, 15) is 4.79 Å². The highest BCUT2D eigenvalue weighted by Gasteiger charge is 2.10. The second-order valence-electron chi connectivity index (χ2n) is 3.81. The van der Waals surface area contributed by atoms with Gasteiger partial charge in [0.25, 0.3) is 0 Å². The second kappa shape index (κ2) is 7.76. The van der Waals surface area contributed by atoms with E-state index in [0.717, 1.165) is 6.42 Å². The predicted molar refractivity (Wildman–Crippen MR) is 56.7 cm³/mol. The number of aliphatic hydroxyl groups excluding tert-OH is 1. The minimum absolute atomic E-state index is 0.0302. The molecule has 0 rings (SSSR count). The van der Waals surface area contributed by atoms with Gasteiger partial charge in [-0.25, -0.2) is 0 Å². The lowest BCUT2D eigenvalue weighted by Crippen LogP contribution is -2.32. The average molecular weight is 202 g/mol. The van der Waals surface area contributed by atoms with Crippen molar-refractivity contribution >= 4 is 5.91 Å². The first kappa shape index (κ1) is 13.4. The molecule has 0 fully saturated rings. The van der Waals surface area contributed by atoms with Crippen LogP contribution in [0.1, 0.15) is 26.7 Å². The predicted octanol–water partition coefficient (Wildman–Crippen LogP) is 0.106.